The molecule has 1 heterocycles. The first-order valence-corrected chi connectivity index (χ1v) is 6.23. The molecule has 1 rings (SSSR count). The van der Waals surface area contributed by atoms with Gasteiger partial charge in [-0.3, -0.25) is 4.79 Å². The van der Waals surface area contributed by atoms with Gasteiger partial charge in [0.25, 0.3) is 0 Å². The van der Waals surface area contributed by atoms with Crippen molar-refractivity contribution in [2.24, 2.45) is 5.92 Å². The van der Waals surface area contributed by atoms with Gasteiger partial charge in [0.2, 0.25) is 0 Å². The molecule has 0 spiro atoms. The van der Waals surface area contributed by atoms with Gasteiger partial charge in [0.05, 0.1) is 12.6 Å². The number of nitrogens with one attached hydrogen (secondary N) is 1. The summed E-state index contributed by atoms with van der Waals surface area (Å²) in [5.41, 5.74) is -1.31. The Kier molecular flexibility index (Phi) is 4.05. The maximum Gasteiger partial charge on any atom is 0.408 e. The van der Waals surface area contributed by atoms with E-state index in [4.69, 9.17) is 9.47 Å². The van der Waals surface area contributed by atoms with Gasteiger partial charge in [-0.15, -0.1) is 0 Å². The number of amides is 1. The van der Waals surface area contributed by atoms with Gasteiger partial charge in [-0.05, 0) is 33.6 Å². The van der Waals surface area contributed by atoms with Crippen LogP contribution < -0.4 is 5.32 Å². The van der Waals surface area contributed by atoms with E-state index in [9.17, 15) is 9.59 Å². The summed E-state index contributed by atoms with van der Waals surface area (Å²) in [6.45, 7) is 11.3. The molecule has 18 heavy (non-hydrogen) atoms. The first-order valence-electron chi connectivity index (χ1n) is 6.23. The molecule has 1 N–H and O–H groups in total. The minimum absolute atomic E-state index is 0.00829. The van der Waals surface area contributed by atoms with Gasteiger partial charge in [-0.25, -0.2) is 4.79 Å². The summed E-state index contributed by atoms with van der Waals surface area (Å²) in [7, 11) is 0. The molecule has 1 aliphatic rings. The molecule has 0 saturated carbocycles. The van der Waals surface area contributed by atoms with Crippen LogP contribution in [0.5, 0.6) is 0 Å². The number of Topliss-reactive ketones (excluding diaryl/α,β-unsaturated/α-hetero) is 1. The van der Waals surface area contributed by atoms with Crippen LogP contribution in [0.3, 0.4) is 0 Å². The van der Waals surface area contributed by atoms with Crippen molar-refractivity contribution in [3.8, 4) is 0 Å². The van der Waals surface area contributed by atoms with Gasteiger partial charge in [-0.1, -0.05) is 13.8 Å². The van der Waals surface area contributed by atoms with Gasteiger partial charge in [0, 0.05) is 0 Å². The number of alkyl carbamates (subject to hydrolysis) is 1. The Hall–Kier alpha value is -1.10. The molecule has 0 unspecified atom stereocenters. The Morgan fingerprint density at radius 3 is 2.17 bits per heavy atom. The van der Waals surface area contributed by atoms with Gasteiger partial charge in [-0.2, -0.15) is 0 Å². The first kappa shape index (κ1) is 15.0. The van der Waals surface area contributed by atoms with E-state index in [1.54, 1.807) is 27.7 Å². The zero-order valence-corrected chi connectivity index (χ0v) is 12.0. The van der Waals surface area contributed by atoms with Crippen molar-refractivity contribution in [2.45, 2.75) is 58.8 Å². The normalized spacial score (nSPS) is 24.6. The molecule has 0 aromatic rings. The second kappa shape index (κ2) is 4.88. The Balaban J connectivity index is 2.64. The lowest BCUT2D eigenvalue weighted by Crippen LogP contribution is -2.50. The van der Waals surface area contributed by atoms with Gasteiger partial charge < -0.3 is 14.8 Å². The number of rotatable bonds is 4. The third kappa shape index (κ3) is 3.98. The van der Waals surface area contributed by atoms with E-state index in [1.807, 2.05) is 13.8 Å². The number of carbonyl (C=O) groups excluding carboxylic acids is 2. The van der Waals surface area contributed by atoms with Crippen LogP contribution in [0.2, 0.25) is 0 Å². The smallest absolute Gasteiger partial charge is 0.408 e. The van der Waals surface area contributed by atoms with Crippen molar-refractivity contribution in [3.63, 3.8) is 0 Å². The molecule has 5 heteroatoms. The third-order valence-corrected chi connectivity index (χ3v) is 2.72. The van der Waals surface area contributed by atoms with E-state index in [2.05, 4.69) is 5.32 Å². The predicted molar refractivity (Wildman–Crippen MR) is 67.4 cm³/mol. The fourth-order valence-corrected chi connectivity index (χ4v) is 1.55. The molecule has 1 amide bonds. The van der Waals surface area contributed by atoms with E-state index < -0.39 is 23.3 Å². The van der Waals surface area contributed by atoms with Crippen LogP contribution in [0.15, 0.2) is 0 Å². The highest BCUT2D eigenvalue weighted by Crippen LogP contribution is 2.29. The molecule has 0 aromatic heterocycles. The van der Waals surface area contributed by atoms with Crippen LogP contribution in [0, 0.1) is 5.92 Å². The largest absolute Gasteiger partial charge is 0.444 e. The van der Waals surface area contributed by atoms with Crippen molar-refractivity contribution >= 4 is 11.9 Å². The van der Waals surface area contributed by atoms with Crippen molar-refractivity contribution in [2.75, 3.05) is 6.61 Å². The van der Waals surface area contributed by atoms with Crippen LogP contribution in [-0.2, 0) is 14.3 Å². The van der Waals surface area contributed by atoms with Gasteiger partial charge >= 0.3 is 6.09 Å². The fourth-order valence-electron chi connectivity index (χ4n) is 1.55. The number of epoxide rings is 1. The zero-order valence-electron chi connectivity index (χ0n) is 12.0. The summed E-state index contributed by atoms with van der Waals surface area (Å²) in [6, 6.07) is -0.577. The molecular weight excluding hydrogens is 234 g/mol. The summed E-state index contributed by atoms with van der Waals surface area (Å²) < 4.78 is 10.3. The number of hydrogen-bond acceptors (Lipinski definition) is 4. The van der Waals surface area contributed by atoms with E-state index in [-0.39, 0.29) is 11.7 Å². The van der Waals surface area contributed by atoms with Crippen LogP contribution in [0.1, 0.15) is 41.5 Å². The minimum atomic E-state index is -0.732. The highest BCUT2D eigenvalue weighted by atomic mass is 16.6. The summed E-state index contributed by atoms with van der Waals surface area (Å²) in [6.07, 6.45) is -0.571. The average Bonchev–Trinajstić information content (AvgIpc) is 2.90. The van der Waals surface area contributed by atoms with E-state index in [1.165, 1.54) is 0 Å². The molecule has 1 fully saturated rings. The van der Waals surface area contributed by atoms with E-state index in [0.29, 0.717) is 6.61 Å². The SMILES string of the molecule is CC(C)[C@H](NC(=O)OC(C)(C)C)C(=O)[C@]1(C)CO1. The number of ether oxygens (including phenoxy) is 2. The standard InChI is InChI=1S/C13H23NO4/c1-8(2)9(10(15)13(6)7-17-13)14-11(16)18-12(3,4)5/h8-9H,7H2,1-6H3,(H,14,16)/t9-,13-/m0/s1. The summed E-state index contributed by atoms with van der Waals surface area (Å²) in [5.74, 6) is -0.102. The zero-order chi connectivity index (χ0) is 14.1. The molecule has 5 nitrogen and oxygen atoms in total. The molecule has 104 valence electrons. The molecule has 1 saturated heterocycles. The second-order valence-corrected chi connectivity index (χ2v) is 6.25. The Morgan fingerprint density at radius 2 is 1.83 bits per heavy atom. The van der Waals surface area contributed by atoms with E-state index >= 15 is 0 Å². The van der Waals surface area contributed by atoms with Crippen molar-refractivity contribution in [1.29, 1.82) is 0 Å². The number of carbonyl (C=O) groups is 2. The third-order valence-electron chi connectivity index (χ3n) is 2.72. The molecule has 0 aromatic carbocycles. The van der Waals surface area contributed by atoms with Crippen molar-refractivity contribution < 1.29 is 19.1 Å². The second-order valence-electron chi connectivity index (χ2n) is 6.25. The predicted octanol–water partition coefficient (Wildman–Crippen LogP) is 1.89. The summed E-state index contributed by atoms with van der Waals surface area (Å²) in [4.78, 5) is 23.9. The fraction of sp³-hybridized carbons (Fsp3) is 0.846. The average molecular weight is 257 g/mol. The molecule has 0 bridgehead atoms. The Morgan fingerprint density at radius 1 is 1.33 bits per heavy atom. The maximum atomic E-state index is 12.2. The maximum absolute atomic E-state index is 12.2. The van der Waals surface area contributed by atoms with Crippen molar-refractivity contribution in [3.05, 3.63) is 0 Å². The number of ketones is 1. The summed E-state index contributed by atoms with van der Waals surface area (Å²) >= 11 is 0. The Bertz CT molecular complexity index is 339. The number of hydrogen-bond donors (Lipinski definition) is 1. The van der Waals surface area contributed by atoms with Crippen LogP contribution in [0.25, 0.3) is 0 Å². The van der Waals surface area contributed by atoms with Crippen LogP contribution in [0.4, 0.5) is 4.79 Å². The van der Waals surface area contributed by atoms with Gasteiger partial charge in [0.1, 0.15) is 11.2 Å². The lowest BCUT2D eigenvalue weighted by atomic mass is 9.92. The molecule has 0 radical (unpaired) electrons. The summed E-state index contributed by atoms with van der Waals surface area (Å²) in [5, 5.41) is 2.63. The Labute approximate surface area is 108 Å². The lowest BCUT2D eigenvalue weighted by molar-refractivity contribution is -0.126. The van der Waals surface area contributed by atoms with Gasteiger partial charge in [0.15, 0.2) is 5.78 Å². The quantitative estimate of drug-likeness (QED) is 0.781. The molecule has 0 aliphatic carbocycles. The topological polar surface area (TPSA) is 67.9 Å². The van der Waals surface area contributed by atoms with Crippen LogP contribution >= 0.6 is 0 Å². The lowest BCUT2D eigenvalue weighted by Gasteiger charge is -2.25. The highest BCUT2D eigenvalue weighted by molar-refractivity contribution is 5.95. The van der Waals surface area contributed by atoms with Crippen LogP contribution in [-0.4, -0.2) is 35.7 Å². The molecular formula is C13H23NO4. The monoisotopic (exact) mass is 257 g/mol. The molecule has 2 atom stereocenters. The highest BCUT2D eigenvalue weighted by Gasteiger charge is 2.50. The van der Waals surface area contributed by atoms with E-state index in [0.717, 1.165) is 0 Å². The van der Waals surface area contributed by atoms with Crippen molar-refractivity contribution in [1.82, 2.24) is 5.32 Å². The molecule has 1 aliphatic heterocycles. The first-order chi connectivity index (χ1) is 8.05. The minimum Gasteiger partial charge on any atom is -0.444 e.